The van der Waals surface area contributed by atoms with E-state index < -0.39 is 5.41 Å². The van der Waals surface area contributed by atoms with Gasteiger partial charge in [-0.3, -0.25) is 4.79 Å². The molecule has 1 heterocycles. The van der Waals surface area contributed by atoms with E-state index in [1.165, 1.54) is 0 Å². The normalized spacial score (nSPS) is 23.6. The standard InChI is InChI=1S/C15H20N2OS.ClH/c1-3-7-17(8-4-2)14(18)15(10-12(15)11-16)13-6-5-9-19-13;/h3-6,9,12H,1-2,7-8,10-11,16H2;1H/t12-,15-;/m0./s1. The van der Waals surface area contributed by atoms with Crippen molar-refractivity contribution in [3.8, 4) is 0 Å². The minimum absolute atomic E-state index is 0. The van der Waals surface area contributed by atoms with Gasteiger partial charge in [-0.1, -0.05) is 18.2 Å². The molecule has 0 saturated heterocycles. The van der Waals surface area contributed by atoms with Gasteiger partial charge in [-0.25, -0.2) is 0 Å². The van der Waals surface area contributed by atoms with E-state index in [1.54, 1.807) is 28.4 Å². The lowest BCUT2D eigenvalue weighted by molar-refractivity contribution is -0.133. The summed E-state index contributed by atoms with van der Waals surface area (Å²) in [5, 5.41) is 2.02. The summed E-state index contributed by atoms with van der Waals surface area (Å²) in [5.41, 5.74) is 5.40. The first-order valence-corrected chi connectivity index (χ1v) is 7.33. The van der Waals surface area contributed by atoms with E-state index in [-0.39, 0.29) is 24.2 Å². The van der Waals surface area contributed by atoms with Crippen molar-refractivity contribution in [2.24, 2.45) is 11.7 Å². The zero-order chi connectivity index (χ0) is 13.9. The number of thiophene rings is 1. The first kappa shape index (κ1) is 17.0. The lowest BCUT2D eigenvalue weighted by Gasteiger charge is -2.25. The van der Waals surface area contributed by atoms with Crippen molar-refractivity contribution < 1.29 is 4.79 Å². The monoisotopic (exact) mass is 312 g/mol. The smallest absolute Gasteiger partial charge is 0.234 e. The van der Waals surface area contributed by atoms with Gasteiger partial charge in [0.15, 0.2) is 0 Å². The maximum atomic E-state index is 12.9. The first-order chi connectivity index (χ1) is 9.20. The van der Waals surface area contributed by atoms with Crippen LogP contribution in [-0.4, -0.2) is 30.4 Å². The Morgan fingerprint density at radius 2 is 2.15 bits per heavy atom. The van der Waals surface area contributed by atoms with Crippen molar-refractivity contribution >= 4 is 29.7 Å². The van der Waals surface area contributed by atoms with Crippen LogP contribution in [0, 0.1) is 5.92 Å². The van der Waals surface area contributed by atoms with E-state index >= 15 is 0 Å². The molecule has 1 aromatic heterocycles. The molecule has 1 aliphatic carbocycles. The molecule has 0 aliphatic heterocycles. The van der Waals surface area contributed by atoms with Gasteiger partial charge in [-0.2, -0.15) is 0 Å². The van der Waals surface area contributed by atoms with E-state index in [0.717, 1.165) is 11.3 Å². The summed E-state index contributed by atoms with van der Waals surface area (Å²) < 4.78 is 0. The molecule has 0 spiro atoms. The largest absolute Gasteiger partial charge is 0.334 e. The van der Waals surface area contributed by atoms with Gasteiger partial charge >= 0.3 is 0 Å². The van der Waals surface area contributed by atoms with Crippen molar-refractivity contribution in [3.05, 3.63) is 47.7 Å². The lowest BCUT2D eigenvalue weighted by Crippen LogP contribution is -2.41. The summed E-state index contributed by atoms with van der Waals surface area (Å²) >= 11 is 1.64. The molecule has 0 unspecified atom stereocenters. The molecular formula is C15H21ClN2OS. The fourth-order valence-corrected chi connectivity index (χ4v) is 3.66. The number of amides is 1. The summed E-state index contributed by atoms with van der Waals surface area (Å²) in [7, 11) is 0. The Kier molecular flexibility index (Phi) is 5.99. The Bertz CT molecular complexity index is 464. The van der Waals surface area contributed by atoms with Crippen LogP contribution >= 0.6 is 23.7 Å². The molecule has 1 amide bonds. The van der Waals surface area contributed by atoms with Gasteiger partial charge in [0.25, 0.3) is 0 Å². The maximum absolute atomic E-state index is 12.9. The molecule has 2 rings (SSSR count). The molecule has 2 N–H and O–H groups in total. The zero-order valence-electron chi connectivity index (χ0n) is 11.5. The van der Waals surface area contributed by atoms with E-state index in [9.17, 15) is 4.79 Å². The second-order valence-electron chi connectivity index (χ2n) is 4.87. The fraction of sp³-hybridized carbons (Fsp3) is 0.400. The van der Waals surface area contributed by atoms with Crippen molar-refractivity contribution in [2.75, 3.05) is 19.6 Å². The highest BCUT2D eigenvalue weighted by atomic mass is 35.5. The van der Waals surface area contributed by atoms with Crippen LogP contribution in [0.1, 0.15) is 11.3 Å². The van der Waals surface area contributed by atoms with E-state index in [2.05, 4.69) is 13.2 Å². The summed E-state index contributed by atoms with van der Waals surface area (Å²) in [6, 6.07) is 4.03. The minimum atomic E-state index is -0.394. The molecule has 0 aromatic carbocycles. The molecule has 5 heteroatoms. The number of hydrogen-bond donors (Lipinski definition) is 1. The number of halogens is 1. The van der Waals surface area contributed by atoms with Crippen molar-refractivity contribution in [1.29, 1.82) is 0 Å². The van der Waals surface area contributed by atoms with Crippen LogP contribution in [0.5, 0.6) is 0 Å². The van der Waals surface area contributed by atoms with Crippen LogP contribution in [-0.2, 0) is 10.2 Å². The average molecular weight is 313 g/mol. The van der Waals surface area contributed by atoms with Gasteiger partial charge in [-0.15, -0.1) is 36.9 Å². The Balaban J connectivity index is 0.00000200. The molecule has 1 aliphatic rings. The second kappa shape index (κ2) is 7.07. The third-order valence-corrected chi connectivity index (χ3v) is 4.77. The zero-order valence-corrected chi connectivity index (χ0v) is 13.1. The van der Waals surface area contributed by atoms with Crippen molar-refractivity contribution in [2.45, 2.75) is 11.8 Å². The molecule has 2 atom stereocenters. The van der Waals surface area contributed by atoms with Gasteiger partial charge < -0.3 is 10.6 Å². The third kappa shape index (κ3) is 2.82. The van der Waals surface area contributed by atoms with Crippen LogP contribution in [0.3, 0.4) is 0 Å². The summed E-state index contributed by atoms with van der Waals surface area (Å²) in [5.74, 6) is 0.418. The molecule has 1 fully saturated rings. The van der Waals surface area contributed by atoms with Crippen molar-refractivity contribution in [3.63, 3.8) is 0 Å². The Morgan fingerprint density at radius 1 is 1.50 bits per heavy atom. The highest BCUT2D eigenvalue weighted by Gasteiger charge is 2.61. The lowest BCUT2D eigenvalue weighted by atomic mass is 9.99. The van der Waals surface area contributed by atoms with Crippen LogP contribution in [0.15, 0.2) is 42.8 Å². The van der Waals surface area contributed by atoms with Crippen LogP contribution in [0.4, 0.5) is 0 Å². The Hall–Kier alpha value is -1.10. The maximum Gasteiger partial charge on any atom is 0.234 e. The molecular weight excluding hydrogens is 292 g/mol. The summed E-state index contributed by atoms with van der Waals surface area (Å²) in [6.45, 7) is 9.10. The summed E-state index contributed by atoms with van der Waals surface area (Å²) in [4.78, 5) is 15.8. The number of hydrogen-bond acceptors (Lipinski definition) is 3. The molecule has 0 radical (unpaired) electrons. The summed E-state index contributed by atoms with van der Waals surface area (Å²) in [6.07, 6.45) is 4.36. The van der Waals surface area contributed by atoms with Gasteiger partial charge in [0.2, 0.25) is 5.91 Å². The Labute approximate surface area is 130 Å². The number of rotatable bonds is 7. The highest BCUT2D eigenvalue weighted by molar-refractivity contribution is 7.10. The van der Waals surface area contributed by atoms with Gasteiger partial charge in [0.05, 0.1) is 5.41 Å². The number of nitrogens with two attached hydrogens (primary N) is 1. The SMILES string of the molecule is C=CCN(CC=C)C(=O)[C@@]1(c2cccs2)C[C@H]1CN.Cl. The van der Waals surface area contributed by atoms with Gasteiger partial charge in [-0.05, 0) is 30.3 Å². The predicted octanol–water partition coefficient (Wildman–Crippen LogP) is 2.59. The van der Waals surface area contributed by atoms with Crippen LogP contribution in [0.2, 0.25) is 0 Å². The molecule has 110 valence electrons. The van der Waals surface area contributed by atoms with Crippen molar-refractivity contribution in [1.82, 2.24) is 4.90 Å². The van der Waals surface area contributed by atoms with Gasteiger partial charge in [0.1, 0.15) is 0 Å². The Morgan fingerprint density at radius 3 is 2.55 bits per heavy atom. The average Bonchev–Trinajstić information content (AvgIpc) is 2.90. The predicted molar refractivity (Wildman–Crippen MR) is 87.4 cm³/mol. The van der Waals surface area contributed by atoms with E-state index in [0.29, 0.717) is 19.6 Å². The quantitative estimate of drug-likeness (QED) is 0.787. The topological polar surface area (TPSA) is 46.3 Å². The highest BCUT2D eigenvalue weighted by Crippen LogP contribution is 2.56. The van der Waals surface area contributed by atoms with Crippen LogP contribution in [0.25, 0.3) is 0 Å². The third-order valence-electron chi connectivity index (χ3n) is 3.72. The second-order valence-corrected chi connectivity index (χ2v) is 5.82. The molecule has 1 aromatic rings. The molecule has 0 bridgehead atoms. The number of carbonyl (C=O) groups excluding carboxylic acids is 1. The van der Waals surface area contributed by atoms with Crippen LogP contribution < -0.4 is 5.73 Å². The van der Waals surface area contributed by atoms with Gasteiger partial charge in [0, 0.05) is 18.0 Å². The number of carbonyl (C=O) groups is 1. The number of nitrogens with zero attached hydrogens (tertiary/aromatic N) is 1. The minimum Gasteiger partial charge on any atom is -0.334 e. The fourth-order valence-electron chi connectivity index (χ4n) is 2.65. The molecule has 20 heavy (non-hydrogen) atoms. The molecule has 1 saturated carbocycles. The molecule has 3 nitrogen and oxygen atoms in total. The first-order valence-electron chi connectivity index (χ1n) is 6.46. The van der Waals surface area contributed by atoms with E-state index in [1.807, 2.05) is 17.5 Å². The van der Waals surface area contributed by atoms with E-state index in [4.69, 9.17) is 5.73 Å².